The quantitative estimate of drug-likeness (QED) is 0.408. The van der Waals surface area contributed by atoms with Crippen LogP contribution in [-0.2, 0) is 9.47 Å². The number of ether oxygens (including phenoxy) is 2. The normalized spacial score (nSPS) is 55.4. The topological polar surface area (TPSA) is 79.2 Å². The van der Waals surface area contributed by atoms with Gasteiger partial charge in [0.05, 0.1) is 6.61 Å². The molecule has 0 aromatic carbocycles. The predicted octanol–water partition coefficient (Wildman–Crippen LogP) is -2.18. The summed E-state index contributed by atoms with van der Waals surface area (Å²) in [5, 5.41) is 27.0. The molecule has 2 fully saturated rings. The minimum atomic E-state index is -1.04. The van der Waals surface area contributed by atoms with E-state index in [1.54, 1.807) is 0 Å². The number of aliphatic hydroxyl groups is 3. The highest BCUT2D eigenvalue weighted by Crippen LogP contribution is 2.33. The Morgan fingerprint density at radius 2 is 1.82 bits per heavy atom. The molecule has 5 nitrogen and oxygen atoms in total. The van der Waals surface area contributed by atoms with Gasteiger partial charge >= 0.3 is 0 Å². The van der Waals surface area contributed by atoms with Crippen molar-refractivity contribution in [2.75, 3.05) is 6.61 Å². The SMILES string of the molecule is OC[C@H]1O[C@@H]2C(O)O[C@H]1[C@@H]2O. The van der Waals surface area contributed by atoms with Gasteiger partial charge in [0.1, 0.15) is 24.4 Å². The molecular weight excluding hydrogens is 152 g/mol. The van der Waals surface area contributed by atoms with Crippen molar-refractivity contribution in [1.82, 2.24) is 0 Å². The highest BCUT2D eigenvalue weighted by Gasteiger charge is 2.54. The van der Waals surface area contributed by atoms with Gasteiger partial charge in [0.2, 0.25) is 0 Å². The van der Waals surface area contributed by atoms with Crippen LogP contribution >= 0.6 is 0 Å². The summed E-state index contributed by atoms with van der Waals surface area (Å²) in [6.07, 6.45) is -3.59. The van der Waals surface area contributed by atoms with Gasteiger partial charge in [-0.1, -0.05) is 0 Å². The summed E-state index contributed by atoms with van der Waals surface area (Å²) >= 11 is 0. The molecule has 64 valence electrons. The maximum Gasteiger partial charge on any atom is 0.184 e. The number of hydrogen-bond acceptors (Lipinski definition) is 5. The zero-order valence-corrected chi connectivity index (χ0v) is 5.75. The summed E-state index contributed by atoms with van der Waals surface area (Å²) in [5.74, 6) is 0. The van der Waals surface area contributed by atoms with E-state index in [0.29, 0.717) is 0 Å². The Labute approximate surface area is 63.2 Å². The maximum absolute atomic E-state index is 9.28. The Bertz CT molecular complexity index is 159. The molecule has 3 N–H and O–H groups in total. The first-order valence-electron chi connectivity index (χ1n) is 3.52. The molecule has 2 rings (SSSR count). The zero-order valence-electron chi connectivity index (χ0n) is 5.75. The summed E-state index contributed by atoms with van der Waals surface area (Å²) in [5.41, 5.74) is 0. The highest BCUT2D eigenvalue weighted by molar-refractivity contribution is 4.98. The minimum Gasteiger partial charge on any atom is -0.394 e. The van der Waals surface area contributed by atoms with E-state index in [9.17, 15) is 5.11 Å². The van der Waals surface area contributed by atoms with Crippen molar-refractivity contribution in [2.45, 2.75) is 30.7 Å². The molecule has 2 heterocycles. The Hall–Kier alpha value is -0.200. The lowest BCUT2D eigenvalue weighted by molar-refractivity contribution is -0.221. The Balaban J connectivity index is 2.11. The second kappa shape index (κ2) is 2.40. The average molecular weight is 162 g/mol. The third-order valence-corrected chi connectivity index (χ3v) is 2.13. The van der Waals surface area contributed by atoms with Crippen LogP contribution in [0, 0.1) is 0 Å². The molecule has 11 heavy (non-hydrogen) atoms. The largest absolute Gasteiger partial charge is 0.394 e. The van der Waals surface area contributed by atoms with E-state index in [4.69, 9.17) is 19.7 Å². The monoisotopic (exact) mass is 162 g/mol. The fraction of sp³-hybridized carbons (Fsp3) is 1.00. The van der Waals surface area contributed by atoms with Crippen molar-refractivity contribution in [1.29, 1.82) is 0 Å². The maximum atomic E-state index is 9.28. The van der Waals surface area contributed by atoms with Crippen LogP contribution in [0.2, 0.25) is 0 Å². The number of hydrogen-bond donors (Lipinski definition) is 3. The smallest absolute Gasteiger partial charge is 0.184 e. The minimum absolute atomic E-state index is 0.190. The molecule has 0 aromatic heterocycles. The number of aliphatic hydroxyl groups excluding tert-OH is 3. The summed E-state index contributed by atoms with van der Waals surface area (Å²) in [4.78, 5) is 0. The van der Waals surface area contributed by atoms with E-state index in [1.165, 1.54) is 0 Å². The van der Waals surface area contributed by atoms with Crippen LogP contribution in [0.25, 0.3) is 0 Å². The van der Waals surface area contributed by atoms with Crippen molar-refractivity contribution < 1.29 is 24.8 Å². The van der Waals surface area contributed by atoms with Gasteiger partial charge in [-0.15, -0.1) is 0 Å². The average Bonchev–Trinajstić information content (AvgIpc) is 2.43. The third-order valence-electron chi connectivity index (χ3n) is 2.13. The lowest BCUT2D eigenvalue weighted by Gasteiger charge is -2.23. The summed E-state index contributed by atoms with van der Waals surface area (Å²) < 4.78 is 9.96. The molecule has 0 amide bonds. The van der Waals surface area contributed by atoms with Crippen LogP contribution in [0.3, 0.4) is 0 Å². The van der Waals surface area contributed by atoms with Gasteiger partial charge in [-0.05, 0) is 0 Å². The van der Waals surface area contributed by atoms with Gasteiger partial charge in [-0.3, -0.25) is 0 Å². The number of rotatable bonds is 1. The molecule has 2 saturated heterocycles. The molecule has 5 atom stereocenters. The van der Waals surface area contributed by atoms with Crippen molar-refractivity contribution in [3.05, 3.63) is 0 Å². The fourth-order valence-corrected chi connectivity index (χ4v) is 1.56. The van der Waals surface area contributed by atoms with Gasteiger partial charge in [0, 0.05) is 0 Å². The van der Waals surface area contributed by atoms with Gasteiger partial charge < -0.3 is 24.8 Å². The molecular formula is C6H10O5. The van der Waals surface area contributed by atoms with Crippen molar-refractivity contribution in [3.63, 3.8) is 0 Å². The predicted molar refractivity (Wildman–Crippen MR) is 32.6 cm³/mol. The second-order valence-corrected chi connectivity index (χ2v) is 2.80. The van der Waals surface area contributed by atoms with Gasteiger partial charge in [-0.2, -0.15) is 0 Å². The molecule has 2 aliphatic rings. The van der Waals surface area contributed by atoms with Crippen molar-refractivity contribution >= 4 is 0 Å². The van der Waals surface area contributed by atoms with E-state index < -0.39 is 30.7 Å². The van der Waals surface area contributed by atoms with Gasteiger partial charge in [-0.25, -0.2) is 0 Å². The standard InChI is InChI=1S/C6H10O5/c7-1-2-4-3(8)5(10-2)6(9)11-4/h2-9H,1H2/t2-,3+,4-,5+,6?/m1/s1. The highest BCUT2D eigenvalue weighted by atomic mass is 16.7. The molecule has 2 bridgehead atoms. The molecule has 0 aromatic rings. The second-order valence-electron chi connectivity index (χ2n) is 2.80. The van der Waals surface area contributed by atoms with Crippen molar-refractivity contribution in [2.24, 2.45) is 0 Å². The Morgan fingerprint density at radius 3 is 2.18 bits per heavy atom. The summed E-state index contributed by atoms with van der Waals surface area (Å²) in [7, 11) is 0. The summed E-state index contributed by atoms with van der Waals surface area (Å²) in [6.45, 7) is -0.190. The lowest BCUT2D eigenvalue weighted by atomic mass is 10.1. The molecule has 1 unspecified atom stereocenters. The molecule has 0 radical (unpaired) electrons. The van der Waals surface area contributed by atoms with E-state index in [2.05, 4.69) is 0 Å². The van der Waals surface area contributed by atoms with Gasteiger partial charge in [0.25, 0.3) is 0 Å². The van der Waals surface area contributed by atoms with Crippen LogP contribution in [-0.4, -0.2) is 52.6 Å². The molecule has 0 spiro atoms. The fourth-order valence-electron chi connectivity index (χ4n) is 1.56. The van der Waals surface area contributed by atoms with E-state index >= 15 is 0 Å². The molecule has 5 heteroatoms. The van der Waals surface area contributed by atoms with E-state index in [-0.39, 0.29) is 6.61 Å². The first-order valence-corrected chi connectivity index (χ1v) is 3.52. The van der Waals surface area contributed by atoms with Crippen LogP contribution < -0.4 is 0 Å². The summed E-state index contributed by atoms with van der Waals surface area (Å²) in [6, 6.07) is 0. The Morgan fingerprint density at radius 1 is 1.09 bits per heavy atom. The van der Waals surface area contributed by atoms with E-state index in [1.807, 2.05) is 0 Å². The van der Waals surface area contributed by atoms with Crippen LogP contribution in [0.4, 0.5) is 0 Å². The first kappa shape index (κ1) is 7.45. The van der Waals surface area contributed by atoms with Crippen LogP contribution in [0.15, 0.2) is 0 Å². The molecule has 0 saturated carbocycles. The van der Waals surface area contributed by atoms with E-state index in [0.717, 1.165) is 0 Å². The molecule has 2 aliphatic heterocycles. The molecule has 0 aliphatic carbocycles. The van der Waals surface area contributed by atoms with Crippen LogP contribution in [0.5, 0.6) is 0 Å². The Kier molecular flexibility index (Phi) is 1.62. The number of fused-ring (bicyclic) bond motifs is 2. The first-order chi connectivity index (χ1) is 5.24. The lowest BCUT2D eigenvalue weighted by Crippen LogP contribution is -2.37. The zero-order chi connectivity index (χ0) is 8.01. The van der Waals surface area contributed by atoms with Gasteiger partial charge in [0.15, 0.2) is 6.29 Å². The van der Waals surface area contributed by atoms with Crippen molar-refractivity contribution in [3.8, 4) is 0 Å². The third kappa shape index (κ3) is 0.896. The van der Waals surface area contributed by atoms with Crippen LogP contribution in [0.1, 0.15) is 0 Å².